The zero-order chi connectivity index (χ0) is 12.8. The van der Waals surface area contributed by atoms with Crippen LogP contribution in [0, 0.1) is 0 Å². The molecule has 0 saturated carbocycles. The summed E-state index contributed by atoms with van der Waals surface area (Å²) in [4.78, 5) is 11.8. The second kappa shape index (κ2) is 6.30. The number of amides is 1. The maximum Gasteiger partial charge on any atom is 0.251 e. The number of aromatic nitrogens is 3. The summed E-state index contributed by atoms with van der Waals surface area (Å²) in [5.41, 5.74) is 0.666. The van der Waals surface area contributed by atoms with Crippen molar-refractivity contribution in [2.75, 3.05) is 6.54 Å². The van der Waals surface area contributed by atoms with E-state index in [4.69, 9.17) is 0 Å². The summed E-state index contributed by atoms with van der Waals surface area (Å²) < 4.78 is 2.71. The number of carbonyl (C=O) groups is 1. The molecule has 1 heterocycles. The number of rotatable bonds is 5. The molecule has 0 aliphatic carbocycles. The molecule has 1 aromatic carbocycles. The molecule has 0 saturated heterocycles. The molecule has 18 heavy (non-hydrogen) atoms. The number of hydrogen-bond acceptors (Lipinski definition) is 3. The molecule has 1 amide bonds. The van der Waals surface area contributed by atoms with Gasteiger partial charge in [0.25, 0.3) is 5.91 Å². The minimum atomic E-state index is -0.0545. The Bertz CT molecular complexity index is 495. The SMILES string of the molecule is O=C(NCCCn1ccnn1)c1ccc(Br)cc1. The molecule has 1 N–H and O–H groups in total. The Morgan fingerprint density at radius 1 is 1.33 bits per heavy atom. The van der Waals surface area contributed by atoms with Crippen molar-refractivity contribution in [1.29, 1.82) is 0 Å². The van der Waals surface area contributed by atoms with Gasteiger partial charge in [-0.25, -0.2) is 0 Å². The number of halogens is 1. The summed E-state index contributed by atoms with van der Waals surface area (Å²) in [6.45, 7) is 1.37. The Morgan fingerprint density at radius 2 is 2.11 bits per heavy atom. The molecule has 1 aromatic heterocycles. The average molecular weight is 309 g/mol. The molecule has 0 atom stereocenters. The third kappa shape index (κ3) is 3.66. The molecule has 94 valence electrons. The van der Waals surface area contributed by atoms with Crippen LogP contribution in [0.15, 0.2) is 41.1 Å². The van der Waals surface area contributed by atoms with Crippen molar-refractivity contribution < 1.29 is 4.79 Å². The van der Waals surface area contributed by atoms with E-state index in [1.165, 1.54) is 0 Å². The van der Waals surface area contributed by atoms with Gasteiger partial charge in [0, 0.05) is 29.3 Å². The van der Waals surface area contributed by atoms with Crippen LogP contribution in [0.4, 0.5) is 0 Å². The lowest BCUT2D eigenvalue weighted by Gasteiger charge is -2.05. The van der Waals surface area contributed by atoms with E-state index in [1.807, 2.05) is 12.1 Å². The van der Waals surface area contributed by atoms with E-state index in [1.54, 1.807) is 29.2 Å². The molecule has 2 rings (SSSR count). The van der Waals surface area contributed by atoms with Crippen LogP contribution in [0.3, 0.4) is 0 Å². The summed E-state index contributed by atoms with van der Waals surface area (Å²) in [6.07, 6.45) is 4.27. The maximum atomic E-state index is 11.8. The normalized spacial score (nSPS) is 10.3. The standard InChI is InChI=1S/C12H13BrN4O/c13-11-4-2-10(3-5-11)12(18)14-6-1-8-17-9-7-15-16-17/h2-5,7,9H,1,6,8H2,(H,14,18). The summed E-state index contributed by atoms with van der Waals surface area (Å²) in [7, 11) is 0. The van der Waals surface area contributed by atoms with Crippen molar-refractivity contribution in [2.45, 2.75) is 13.0 Å². The second-order valence-corrected chi connectivity index (χ2v) is 4.70. The third-order valence-corrected chi connectivity index (χ3v) is 2.96. The molecule has 0 spiro atoms. The van der Waals surface area contributed by atoms with Crippen LogP contribution in [-0.4, -0.2) is 27.4 Å². The Labute approximate surface area is 113 Å². The van der Waals surface area contributed by atoms with Crippen molar-refractivity contribution in [3.63, 3.8) is 0 Å². The Kier molecular flexibility index (Phi) is 4.46. The fourth-order valence-corrected chi connectivity index (χ4v) is 1.76. The van der Waals surface area contributed by atoms with Crippen LogP contribution in [0.2, 0.25) is 0 Å². The molecule has 0 aliphatic rings. The first-order valence-electron chi connectivity index (χ1n) is 5.63. The van der Waals surface area contributed by atoms with Gasteiger partial charge >= 0.3 is 0 Å². The highest BCUT2D eigenvalue weighted by Crippen LogP contribution is 2.10. The molecular weight excluding hydrogens is 296 g/mol. The highest BCUT2D eigenvalue weighted by Gasteiger charge is 2.03. The molecule has 0 radical (unpaired) electrons. The molecule has 2 aromatic rings. The van der Waals surface area contributed by atoms with Gasteiger partial charge in [0.15, 0.2) is 0 Å². The van der Waals surface area contributed by atoms with Crippen LogP contribution in [0.5, 0.6) is 0 Å². The van der Waals surface area contributed by atoms with Crippen LogP contribution < -0.4 is 5.32 Å². The second-order valence-electron chi connectivity index (χ2n) is 3.78. The number of aryl methyl sites for hydroxylation is 1. The van der Waals surface area contributed by atoms with Gasteiger partial charge in [-0.3, -0.25) is 9.48 Å². The lowest BCUT2D eigenvalue weighted by atomic mass is 10.2. The lowest BCUT2D eigenvalue weighted by molar-refractivity contribution is 0.0952. The summed E-state index contributed by atoms with van der Waals surface area (Å²) >= 11 is 3.33. The Hall–Kier alpha value is -1.69. The summed E-state index contributed by atoms with van der Waals surface area (Å²) in [5, 5.41) is 10.4. The van der Waals surface area contributed by atoms with Gasteiger partial charge in [-0.1, -0.05) is 21.1 Å². The van der Waals surface area contributed by atoms with Crippen molar-refractivity contribution in [3.05, 3.63) is 46.7 Å². The molecule has 5 nitrogen and oxygen atoms in total. The van der Waals surface area contributed by atoms with Crippen LogP contribution >= 0.6 is 15.9 Å². The van der Waals surface area contributed by atoms with E-state index in [0.29, 0.717) is 12.1 Å². The van der Waals surface area contributed by atoms with Gasteiger partial charge in [0.1, 0.15) is 0 Å². The van der Waals surface area contributed by atoms with E-state index in [2.05, 4.69) is 31.6 Å². The van der Waals surface area contributed by atoms with Crippen molar-refractivity contribution >= 4 is 21.8 Å². The fraction of sp³-hybridized carbons (Fsp3) is 0.250. The quantitative estimate of drug-likeness (QED) is 0.858. The van der Waals surface area contributed by atoms with E-state index < -0.39 is 0 Å². The largest absolute Gasteiger partial charge is 0.352 e. The molecule has 0 bridgehead atoms. The zero-order valence-electron chi connectivity index (χ0n) is 9.71. The monoisotopic (exact) mass is 308 g/mol. The smallest absolute Gasteiger partial charge is 0.251 e. The Balaban J connectivity index is 1.73. The number of carbonyl (C=O) groups excluding carboxylic acids is 1. The first-order chi connectivity index (χ1) is 8.75. The van der Waals surface area contributed by atoms with Crippen molar-refractivity contribution in [3.8, 4) is 0 Å². The Morgan fingerprint density at radius 3 is 2.78 bits per heavy atom. The number of benzene rings is 1. The van der Waals surface area contributed by atoms with Crippen LogP contribution in [0.25, 0.3) is 0 Å². The minimum Gasteiger partial charge on any atom is -0.352 e. The van der Waals surface area contributed by atoms with Gasteiger partial charge in [-0.15, -0.1) is 5.10 Å². The highest BCUT2D eigenvalue weighted by atomic mass is 79.9. The predicted molar refractivity (Wildman–Crippen MR) is 71.1 cm³/mol. The van der Waals surface area contributed by atoms with E-state index in [9.17, 15) is 4.79 Å². The van der Waals surface area contributed by atoms with Gasteiger partial charge < -0.3 is 5.32 Å². The molecular formula is C12H13BrN4O. The maximum absolute atomic E-state index is 11.8. The first-order valence-corrected chi connectivity index (χ1v) is 6.43. The third-order valence-electron chi connectivity index (χ3n) is 2.43. The predicted octanol–water partition coefficient (Wildman–Crippen LogP) is 1.86. The fourth-order valence-electron chi connectivity index (χ4n) is 1.50. The van der Waals surface area contributed by atoms with E-state index in [0.717, 1.165) is 17.4 Å². The molecule has 0 aliphatic heterocycles. The average Bonchev–Trinajstić information content (AvgIpc) is 2.88. The van der Waals surface area contributed by atoms with Crippen molar-refractivity contribution in [2.24, 2.45) is 0 Å². The number of nitrogens with one attached hydrogen (secondary N) is 1. The van der Waals surface area contributed by atoms with Crippen molar-refractivity contribution in [1.82, 2.24) is 20.3 Å². The molecule has 6 heteroatoms. The number of hydrogen-bond donors (Lipinski definition) is 1. The first kappa shape index (κ1) is 12.8. The molecule has 0 fully saturated rings. The minimum absolute atomic E-state index is 0.0545. The summed E-state index contributed by atoms with van der Waals surface area (Å²) in [6, 6.07) is 7.28. The van der Waals surface area contributed by atoms with Gasteiger partial charge in [0.05, 0.1) is 6.20 Å². The number of nitrogens with zero attached hydrogens (tertiary/aromatic N) is 3. The summed E-state index contributed by atoms with van der Waals surface area (Å²) in [5.74, 6) is -0.0545. The van der Waals surface area contributed by atoms with Gasteiger partial charge in [-0.05, 0) is 30.7 Å². The highest BCUT2D eigenvalue weighted by molar-refractivity contribution is 9.10. The van der Waals surface area contributed by atoms with Gasteiger partial charge in [-0.2, -0.15) is 0 Å². The van der Waals surface area contributed by atoms with Gasteiger partial charge in [0.2, 0.25) is 0 Å². The topological polar surface area (TPSA) is 59.8 Å². The zero-order valence-corrected chi connectivity index (χ0v) is 11.3. The molecule has 0 unspecified atom stereocenters. The van der Waals surface area contributed by atoms with Crippen LogP contribution in [0.1, 0.15) is 16.8 Å². The lowest BCUT2D eigenvalue weighted by Crippen LogP contribution is -2.25. The van der Waals surface area contributed by atoms with E-state index in [-0.39, 0.29) is 5.91 Å². The van der Waals surface area contributed by atoms with E-state index >= 15 is 0 Å². The van der Waals surface area contributed by atoms with Crippen LogP contribution in [-0.2, 0) is 6.54 Å².